The highest BCUT2D eigenvalue weighted by molar-refractivity contribution is 6.33. The first kappa shape index (κ1) is 14.6. The van der Waals surface area contributed by atoms with Crippen LogP contribution in [0, 0.1) is 0 Å². The van der Waals surface area contributed by atoms with Gasteiger partial charge in [0.15, 0.2) is 0 Å². The minimum absolute atomic E-state index is 0.144. The molecule has 1 fully saturated rings. The van der Waals surface area contributed by atoms with Gasteiger partial charge in [0.2, 0.25) is 0 Å². The number of anilines is 1. The standard InChI is InChI=1S/C17H16ClNO4/c18-14-15(19-6-9-21-10-7-19)12-5-8-22-13-4-2-1-3-11(13)16(12)23-17(14)20/h1-4H,5-10H2. The topological polar surface area (TPSA) is 51.9 Å². The summed E-state index contributed by atoms with van der Waals surface area (Å²) in [4.78, 5) is 14.4. The summed E-state index contributed by atoms with van der Waals surface area (Å²) in [5, 5.41) is 0.144. The molecule has 2 aliphatic rings. The molecule has 2 aliphatic heterocycles. The number of ether oxygens (including phenoxy) is 2. The Balaban J connectivity index is 1.95. The van der Waals surface area contributed by atoms with Crippen LogP contribution in [0.4, 0.5) is 5.69 Å². The molecule has 4 rings (SSSR count). The second kappa shape index (κ2) is 5.91. The van der Waals surface area contributed by atoms with E-state index in [0.29, 0.717) is 45.1 Å². The van der Waals surface area contributed by atoms with Crippen LogP contribution in [0.2, 0.25) is 5.02 Å². The minimum Gasteiger partial charge on any atom is -0.492 e. The van der Waals surface area contributed by atoms with E-state index in [1.807, 2.05) is 24.3 Å². The maximum Gasteiger partial charge on any atom is 0.357 e. The van der Waals surface area contributed by atoms with Crippen molar-refractivity contribution in [1.82, 2.24) is 0 Å². The second-order valence-corrected chi connectivity index (χ2v) is 5.93. The molecule has 1 aromatic heterocycles. The van der Waals surface area contributed by atoms with E-state index in [1.54, 1.807) is 0 Å². The Labute approximate surface area is 138 Å². The van der Waals surface area contributed by atoms with Crippen molar-refractivity contribution in [2.75, 3.05) is 37.8 Å². The molecule has 0 atom stereocenters. The number of morpholine rings is 1. The van der Waals surface area contributed by atoms with E-state index in [2.05, 4.69) is 4.90 Å². The number of halogens is 1. The predicted octanol–water partition coefficient (Wildman–Crippen LogP) is 2.73. The molecule has 0 amide bonds. The fraction of sp³-hybridized carbons (Fsp3) is 0.353. The highest BCUT2D eigenvalue weighted by atomic mass is 35.5. The molecule has 0 bridgehead atoms. The molecule has 2 aromatic rings. The van der Waals surface area contributed by atoms with E-state index >= 15 is 0 Å². The van der Waals surface area contributed by atoms with E-state index in [0.717, 1.165) is 22.6 Å². The van der Waals surface area contributed by atoms with Gasteiger partial charge in [0.1, 0.15) is 16.5 Å². The zero-order valence-corrected chi connectivity index (χ0v) is 13.3. The summed E-state index contributed by atoms with van der Waals surface area (Å²) in [6, 6.07) is 7.59. The van der Waals surface area contributed by atoms with Crippen molar-refractivity contribution in [3.8, 4) is 17.1 Å². The number of fused-ring (bicyclic) bond motifs is 3. The number of para-hydroxylation sites is 1. The largest absolute Gasteiger partial charge is 0.492 e. The average molecular weight is 334 g/mol. The van der Waals surface area contributed by atoms with Crippen molar-refractivity contribution in [3.63, 3.8) is 0 Å². The van der Waals surface area contributed by atoms with Crippen LogP contribution in [0.25, 0.3) is 11.3 Å². The number of nitrogens with zero attached hydrogens (tertiary/aromatic N) is 1. The smallest absolute Gasteiger partial charge is 0.357 e. The summed E-state index contributed by atoms with van der Waals surface area (Å²) in [5.74, 6) is 1.29. The minimum atomic E-state index is -0.511. The van der Waals surface area contributed by atoms with Crippen molar-refractivity contribution in [2.24, 2.45) is 0 Å². The Bertz CT molecular complexity index is 796. The summed E-state index contributed by atoms with van der Waals surface area (Å²) in [5.41, 5.74) is 1.98. The van der Waals surface area contributed by atoms with E-state index in [4.69, 9.17) is 25.5 Å². The lowest BCUT2D eigenvalue weighted by Crippen LogP contribution is -2.37. The zero-order chi connectivity index (χ0) is 15.8. The van der Waals surface area contributed by atoms with Gasteiger partial charge in [0, 0.05) is 25.1 Å². The number of hydrogen-bond donors (Lipinski definition) is 0. The van der Waals surface area contributed by atoms with E-state index in [-0.39, 0.29) is 5.02 Å². The molecule has 0 aliphatic carbocycles. The van der Waals surface area contributed by atoms with Crippen LogP contribution in [0.3, 0.4) is 0 Å². The Morgan fingerprint density at radius 2 is 1.87 bits per heavy atom. The first-order valence-corrected chi connectivity index (χ1v) is 8.04. The molecule has 0 N–H and O–H groups in total. The van der Waals surface area contributed by atoms with Crippen LogP contribution in [0.15, 0.2) is 33.5 Å². The maximum atomic E-state index is 12.3. The Kier molecular flexibility index (Phi) is 3.75. The molecule has 0 radical (unpaired) electrons. The van der Waals surface area contributed by atoms with Crippen LogP contribution in [0.5, 0.6) is 5.75 Å². The predicted molar refractivity (Wildman–Crippen MR) is 87.7 cm³/mol. The molecule has 120 valence electrons. The molecule has 1 saturated heterocycles. The van der Waals surface area contributed by atoms with Gasteiger partial charge in [-0.1, -0.05) is 23.7 Å². The van der Waals surface area contributed by atoms with E-state index in [9.17, 15) is 4.79 Å². The van der Waals surface area contributed by atoms with E-state index in [1.165, 1.54) is 0 Å². The van der Waals surface area contributed by atoms with Crippen LogP contribution in [-0.2, 0) is 11.2 Å². The first-order chi connectivity index (χ1) is 11.3. The van der Waals surface area contributed by atoms with Gasteiger partial charge in [-0.2, -0.15) is 0 Å². The maximum absolute atomic E-state index is 12.3. The van der Waals surface area contributed by atoms with Crippen molar-refractivity contribution in [3.05, 3.63) is 45.3 Å². The second-order valence-electron chi connectivity index (χ2n) is 5.55. The fourth-order valence-electron chi connectivity index (χ4n) is 3.15. The van der Waals surface area contributed by atoms with Gasteiger partial charge in [-0.25, -0.2) is 4.79 Å². The van der Waals surface area contributed by atoms with Crippen molar-refractivity contribution in [1.29, 1.82) is 0 Å². The molecular formula is C17H16ClNO4. The van der Waals surface area contributed by atoms with Crippen LogP contribution in [0.1, 0.15) is 5.56 Å². The van der Waals surface area contributed by atoms with Gasteiger partial charge >= 0.3 is 5.63 Å². The molecule has 3 heterocycles. The highest BCUT2D eigenvalue weighted by Gasteiger charge is 2.28. The van der Waals surface area contributed by atoms with Crippen molar-refractivity contribution in [2.45, 2.75) is 6.42 Å². The van der Waals surface area contributed by atoms with Gasteiger partial charge in [-0.15, -0.1) is 0 Å². The molecule has 6 heteroatoms. The lowest BCUT2D eigenvalue weighted by molar-refractivity contribution is 0.122. The highest BCUT2D eigenvalue weighted by Crippen LogP contribution is 2.40. The van der Waals surface area contributed by atoms with Crippen LogP contribution >= 0.6 is 11.6 Å². The number of benzene rings is 1. The quantitative estimate of drug-likeness (QED) is 0.803. The Morgan fingerprint density at radius 3 is 2.70 bits per heavy atom. The SMILES string of the molecule is O=c1oc2c(c(N3CCOCC3)c1Cl)CCOc1ccccc1-2. The molecule has 0 unspecified atom stereocenters. The van der Waals surface area contributed by atoms with Crippen molar-refractivity contribution < 1.29 is 13.9 Å². The third kappa shape index (κ3) is 2.50. The van der Waals surface area contributed by atoms with Gasteiger partial charge in [-0.05, 0) is 12.1 Å². The zero-order valence-electron chi connectivity index (χ0n) is 12.5. The Morgan fingerprint density at radius 1 is 1.09 bits per heavy atom. The summed E-state index contributed by atoms with van der Waals surface area (Å²) < 4.78 is 16.8. The molecule has 5 nitrogen and oxygen atoms in total. The fourth-order valence-corrected chi connectivity index (χ4v) is 3.42. The lowest BCUT2D eigenvalue weighted by Gasteiger charge is -2.31. The summed E-state index contributed by atoms with van der Waals surface area (Å²) >= 11 is 6.31. The summed E-state index contributed by atoms with van der Waals surface area (Å²) in [6.07, 6.45) is 0.639. The monoisotopic (exact) mass is 333 g/mol. The Hall–Kier alpha value is -1.98. The van der Waals surface area contributed by atoms with Crippen LogP contribution in [-0.4, -0.2) is 32.9 Å². The third-order valence-corrected chi connectivity index (χ3v) is 4.54. The molecule has 0 saturated carbocycles. The molecule has 1 aromatic carbocycles. The van der Waals surface area contributed by atoms with Gasteiger partial charge < -0.3 is 18.8 Å². The average Bonchev–Trinajstić information content (AvgIpc) is 2.76. The normalized spacial score (nSPS) is 17.0. The summed E-state index contributed by atoms with van der Waals surface area (Å²) in [7, 11) is 0. The van der Waals surface area contributed by atoms with Crippen LogP contribution < -0.4 is 15.3 Å². The number of rotatable bonds is 1. The lowest BCUT2D eigenvalue weighted by atomic mass is 10.0. The number of hydrogen-bond acceptors (Lipinski definition) is 5. The molecule has 23 heavy (non-hydrogen) atoms. The molecule has 0 spiro atoms. The third-order valence-electron chi connectivity index (χ3n) is 4.21. The first-order valence-electron chi connectivity index (χ1n) is 7.66. The molecular weight excluding hydrogens is 318 g/mol. The van der Waals surface area contributed by atoms with E-state index < -0.39 is 5.63 Å². The van der Waals surface area contributed by atoms with Gasteiger partial charge in [0.25, 0.3) is 0 Å². The van der Waals surface area contributed by atoms with Gasteiger partial charge in [0.05, 0.1) is 31.1 Å². The van der Waals surface area contributed by atoms with Crippen molar-refractivity contribution >= 4 is 17.3 Å². The van der Waals surface area contributed by atoms with Gasteiger partial charge in [-0.3, -0.25) is 0 Å². The summed E-state index contributed by atoms with van der Waals surface area (Å²) in [6.45, 7) is 3.18.